The van der Waals surface area contributed by atoms with Gasteiger partial charge >= 0.3 is 5.97 Å². The molecule has 1 aliphatic heterocycles. The fourth-order valence-electron chi connectivity index (χ4n) is 3.27. The molecular weight excluding hydrogens is 284 g/mol. The summed E-state index contributed by atoms with van der Waals surface area (Å²) in [5.74, 6) is -0.323. The highest BCUT2D eigenvalue weighted by molar-refractivity contribution is 5.82. The number of fused-ring (bicyclic) bond motifs is 1. The van der Waals surface area contributed by atoms with Crippen molar-refractivity contribution in [1.29, 1.82) is 0 Å². The Labute approximate surface area is 131 Å². The molecule has 2 rings (SSSR count). The summed E-state index contributed by atoms with van der Waals surface area (Å²) >= 11 is 0. The molecule has 22 heavy (non-hydrogen) atoms. The predicted molar refractivity (Wildman–Crippen MR) is 80.8 cm³/mol. The third-order valence-electron chi connectivity index (χ3n) is 4.42. The largest absolute Gasteiger partial charge is 0.465 e. The molecule has 5 atom stereocenters. The van der Waals surface area contributed by atoms with Crippen LogP contribution in [0.2, 0.25) is 0 Å². The van der Waals surface area contributed by atoms with Gasteiger partial charge in [0.1, 0.15) is 6.10 Å². The molecule has 0 amide bonds. The molecule has 0 aromatic rings. The summed E-state index contributed by atoms with van der Waals surface area (Å²) < 4.78 is 10.3. The van der Waals surface area contributed by atoms with Crippen LogP contribution in [0.4, 0.5) is 0 Å². The van der Waals surface area contributed by atoms with Crippen LogP contribution in [0.15, 0.2) is 24.3 Å². The lowest BCUT2D eigenvalue weighted by molar-refractivity contribution is -0.142. The fourth-order valence-corrected chi connectivity index (χ4v) is 3.27. The van der Waals surface area contributed by atoms with Crippen LogP contribution in [0, 0.1) is 11.8 Å². The van der Waals surface area contributed by atoms with Crippen LogP contribution in [0.3, 0.4) is 0 Å². The highest BCUT2D eigenvalue weighted by atomic mass is 16.5. The van der Waals surface area contributed by atoms with E-state index in [1.54, 1.807) is 0 Å². The maximum Gasteiger partial charge on any atom is 0.330 e. The second kappa shape index (κ2) is 8.13. The highest BCUT2D eigenvalue weighted by Gasteiger charge is 2.37. The van der Waals surface area contributed by atoms with Crippen molar-refractivity contribution in [2.75, 3.05) is 0 Å². The van der Waals surface area contributed by atoms with Gasteiger partial charge in [0.05, 0.1) is 12.2 Å². The quantitative estimate of drug-likeness (QED) is 0.481. The number of cyclic esters (lactones) is 1. The van der Waals surface area contributed by atoms with Crippen molar-refractivity contribution < 1.29 is 24.2 Å². The Hall–Kier alpha value is -1.62. The highest BCUT2D eigenvalue weighted by Crippen LogP contribution is 2.37. The second-order valence-electron chi connectivity index (χ2n) is 6.11. The fraction of sp³-hybridized carbons (Fsp3) is 0.647. The summed E-state index contributed by atoms with van der Waals surface area (Å²) in [7, 11) is 0. The minimum atomic E-state index is -0.751. The average Bonchev–Trinajstić information content (AvgIpc) is 2.87. The number of esters is 1. The van der Waals surface area contributed by atoms with E-state index in [1.165, 1.54) is 12.2 Å². The SMILES string of the molecule is CC1CCCC=CC2CC(OC=O)CC2C(O)C=CC(=O)O1. The van der Waals surface area contributed by atoms with E-state index in [2.05, 4.69) is 12.2 Å². The molecule has 1 heterocycles. The molecule has 122 valence electrons. The lowest BCUT2D eigenvalue weighted by Crippen LogP contribution is -2.22. The summed E-state index contributed by atoms with van der Waals surface area (Å²) in [6.45, 7) is 2.34. The first-order chi connectivity index (χ1) is 10.6. The lowest BCUT2D eigenvalue weighted by atomic mass is 9.90. The molecule has 1 N–H and O–H groups in total. The standard InChI is InChI=1S/C17H24O5/c1-12-5-3-2-4-6-13-9-14(21-11-18)10-15(13)16(19)7-8-17(20)22-12/h4,6-8,11-16,19H,2-3,5,9-10H2,1H3. The normalized spacial score (nSPS) is 36.5. The average molecular weight is 308 g/mol. The lowest BCUT2D eigenvalue weighted by Gasteiger charge is -2.19. The van der Waals surface area contributed by atoms with Crippen LogP contribution in [0.25, 0.3) is 0 Å². The molecule has 0 spiro atoms. The van der Waals surface area contributed by atoms with Gasteiger partial charge in [0, 0.05) is 6.08 Å². The van der Waals surface area contributed by atoms with Crippen molar-refractivity contribution >= 4 is 12.4 Å². The number of hydrogen-bond acceptors (Lipinski definition) is 5. The van der Waals surface area contributed by atoms with Gasteiger partial charge in [-0.05, 0) is 56.9 Å². The van der Waals surface area contributed by atoms with Gasteiger partial charge in [-0.3, -0.25) is 4.79 Å². The maximum absolute atomic E-state index is 11.7. The summed E-state index contributed by atoms with van der Waals surface area (Å²) in [5, 5.41) is 10.3. The first kappa shape index (κ1) is 16.7. The Morgan fingerprint density at radius 2 is 2.18 bits per heavy atom. The second-order valence-corrected chi connectivity index (χ2v) is 6.11. The van der Waals surface area contributed by atoms with Crippen LogP contribution in [0.1, 0.15) is 39.0 Å². The molecular formula is C17H24O5. The zero-order valence-corrected chi connectivity index (χ0v) is 12.9. The van der Waals surface area contributed by atoms with Gasteiger partial charge in [-0.1, -0.05) is 12.2 Å². The first-order valence-electron chi connectivity index (χ1n) is 7.92. The van der Waals surface area contributed by atoms with Crippen molar-refractivity contribution in [2.24, 2.45) is 11.8 Å². The summed E-state index contributed by atoms with van der Waals surface area (Å²) in [6.07, 6.45) is 9.97. The van der Waals surface area contributed by atoms with Gasteiger partial charge in [-0.15, -0.1) is 0 Å². The molecule has 0 aromatic heterocycles. The van der Waals surface area contributed by atoms with Crippen LogP contribution in [-0.2, 0) is 19.1 Å². The van der Waals surface area contributed by atoms with Crippen LogP contribution in [-0.4, -0.2) is 35.9 Å². The molecule has 0 bridgehead atoms. The number of hydrogen-bond donors (Lipinski definition) is 1. The van der Waals surface area contributed by atoms with Crippen molar-refractivity contribution in [1.82, 2.24) is 0 Å². The van der Waals surface area contributed by atoms with Crippen LogP contribution < -0.4 is 0 Å². The number of rotatable bonds is 2. The monoisotopic (exact) mass is 308 g/mol. The molecule has 1 fully saturated rings. The number of aliphatic hydroxyl groups excluding tert-OH is 1. The van der Waals surface area contributed by atoms with E-state index >= 15 is 0 Å². The van der Waals surface area contributed by atoms with Crippen molar-refractivity contribution in [3.63, 3.8) is 0 Å². The predicted octanol–water partition coefficient (Wildman–Crippen LogP) is 2.14. The molecule has 1 aliphatic carbocycles. The van der Waals surface area contributed by atoms with E-state index < -0.39 is 12.1 Å². The number of ether oxygens (including phenoxy) is 2. The Morgan fingerprint density at radius 3 is 2.95 bits per heavy atom. The smallest absolute Gasteiger partial charge is 0.330 e. The van der Waals surface area contributed by atoms with Crippen molar-refractivity contribution in [2.45, 2.75) is 57.3 Å². The van der Waals surface area contributed by atoms with Crippen molar-refractivity contribution in [3.05, 3.63) is 24.3 Å². The zero-order valence-electron chi connectivity index (χ0n) is 12.9. The van der Waals surface area contributed by atoms with Gasteiger partial charge in [-0.25, -0.2) is 4.79 Å². The molecule has 2 aliphatic rings. The van der Waals surface area contributed by atoms with Gasteiger partial charge in [0.25, 0.3) is 6.47 Å². The third kappa shape index (κ3) is 4.70. The van der Waals surface area contributed by atoms with Gasteiger partial charge < -0.3 is 14.6 Å². The number of carbonyl (C=O) groups excluding carboxylic acids is 2. The molecule has 5 heteroatoms. The molecule has 1 saturated carbocycles. The van der Waals surface area contributed by atoms with E-state index in [1.807, 2.05) is 6.92 Å². The van der Waals surface area contributed by atoms with E-state index in [9.17, 15) is 14.7 Å². The minimum Gasteiger partial charge on any atom is -0.465 e. The van der Waals surface area contributed by atoms with Crippen molar-refractivity contribution in [3.8, 4) is 0 Å². The van der Waals surface area contributed by atoms with Crippen LogP contribution >= 0.6 is 0 Å². The third-order valence-corrected chi connectivity index (χ3v) is 4.42. The van der Waals surface area contributed by atoms with Gasteiger partial charge in [-0.2, -0.15) is 0 Å². The van der Waals surface area contributed by atoms with E-state index in [-0.39, 0.29) is 24.0 Å². The Morgan fingerprint density at radius 1 is 1.36 bits per heavy atom. The molecule has 0 aromatic carbocycles. The topological polar surface area (TPSA) is 72.8 Å². The zero-order chi connectivity index (χ0) is 15.9. The Balaban J connectivity index is 2.11. The van der Waals surface area contributed by atoms with Gasteiger partial charge in [0.2, 0.25) is 0 Å². The first-order valence-corrected chi connectivity index (χ1v) is 7.92. The number of carbonyl (C=O) groups is 2. The minimum absolute atomic E-state index is 0.0524. The van der Waals surface area contributed by atoms with Gasteiger partial charge in [0.15, 0.2) is 0 Å². The molecule has 5 unspecified atom stereocenters. The molecule has 5 nitrogen and oxygen atoms in total. The summed E-state index contributed by atoms with van der Waals surface area (Å²) in [5.41, 5.74) is 0. The number of allylic oxidation sites excluding steroid dienone is 2. The van der Waals surface area contributed by atoms with E-state index in [0.29, 0.717) is 19.3 Å². The summed E-state index contributed by atoms with van der Waals surface area (Å²) in [6, 6.07) is 0. The number of aliphatic hydroxyl groups is 1. The van der Waals surface area contributed by atoms with E-state index in [4.69, 9.17) is 9.47 Å². The summed E-state index contributed by atoms with van der Waals surface area (Å²) in [4.78, 5) is 22.2. The Bertz CT molecular complexity index is 442. The maximum atomic E-state index is 11.7. The molecule has 0 saturated heterocycles. The molecule has 0 radical (unpaired) electrons. The Kier molecular flexibility index (Phi) is 6.19. The van der Waals surface area contributed by atoms with E-state index in [0.717, 1.165) is 19.3 Å². The van der Waals surface area contributed by atoms with Crippen LogP contribution in [0.5, 0.6) is 0 Å².